The SMILES string of the molecule is COc1cc(C(=O)N2CCC2CO[Si](C)(C)C(C)(C)C)c(N)cc1O[Si](C(C)C)(C(C)C)C(C)C. The number of amides is 1. The maximum absolute atomic E-state index is 13.5. The van der Waals surface area contributed by atoms with Crippen LogP contribution in [-0.4, -0.2) is 53.7 Å². The Hall–Kier alpha value is -1.52. The summed E-state index contributed by atoms with van der Waals surface area (Å²) in [7, 11) is -2.45. The van der Waals surface area contributed by atoms with Gasteiger partial charge in [-0.3, -0.25) is 4.79 Å². The van der Waals surface area contributed by atoms with Crippen molar-refractivity contribution in [1.82, 2.24) is 4.90 Å². The molecule has 1 aromatic carbocycles. The van der Waals surface area contributed by atoms with Gasteiger partial charge in [-0.05, 0) is 47.2 Å². The number of carbonyl (C=O) groups is 1. The summed E-state index contributed by atoms with van der Waals surface area (Å²) in [5.41, 5.74) is 8.61. The molecular formula is C27H50N2O4Si2. The summed E-state index contributed by atoms with van der Waals surface area (Å²) in [6.45, 7) is 25.9. The minimum Gasteiger partial charge on any atom is -0.540 e. The van der Waals surface area contributed by atoms with Crippen molar-refractivity contribution in [1.29, 1.82) is 0 Å². The fourth-order valence-corrected chi connectivity index (χ4v) is 11.4. The van der Waals surface area contributed by atoms with Gasteiger partial charge in [-0.1, -0.05) is 62.3 Å². The second-order valence-electron chi connectivity index (χ2n) is 12.5. The van der Waals surface area contributed by atoms with Crippen LogP contribution in [0.15, 0.2) is 12.1 Å². The van der Waals surface area contributed by atoms with Crippen molar-refractivity contribution in [2.45, 2.75) is 110 Å². The van der Waals surface area contributed by atoms with E-state index in [1.54, 1.807) is 19.2 Å². The molecule has 0 spiro atoms. The smallest absolute Gasteiger partial charge is 0.258 e. The van der Waals surface area contributed by atoms with E-state index < -0.39 is 16.6 Å². The number of benzene rings is 1. The maximum Gasteiger partial charge on any atom is 0.258 e. The number of anilines is 1. The van der Waals surface area contributed by atoms with E-state index >= 15 is 0 Å². The summed E-state index contributed by atoms with van der Waals surface area (Å²) in [6.07, 6.45) is 0.948. The van der Waals surface area contributed by atoms with Crippen LogP contribution in [0.2, 0.25) is 34.8 Å². The van der Waals surface area contributed by atoms with Gasteiger partial charge in [0.15, 0.2) is 14.1 Å². The molecule has 0 aliphatic carbocycles. The Kier molecular flexibility index (Phi) is 9.21. The number of hydrogen-bond acceptors (Lipinski definition) is 5. The molecule has 200 valence electrons. The van der Waals surface area contributed by atoms with Gasteiger partial charge in [0.25, 0.3) is 14.2 Å². The van der Waals surface area contributed by atoms with E-state index in [0.29, 0.717) is 52.5 Å². The largest absolute Gasteiger partial charge is 0.540 e. The summed E-state index contributed by atoms with van der Waals surface area (Å²) >= 11 is 0. The van der Waals surface area contributed by atoms with Crippen LogP contribution in [0.1, 0.15) is 79.1 Å². The van der Waals surface area contributed by atoms with Crippen molar-refractivity contribution in [2.24, 2.45) is 0 Å². The Balaban J connectivity index is 2.30. The zero-order valence-electron chi connectivity index (χ0n) is 24.2. The second-order valence-corrected chi connectivity index (χ2v) is 22.7. The van der Waals surface area contributed by atoms with Gasteiger partial charge in [0.1, 0.15) is 5.75 Å². The van der Waals surface area contributed by atoms with Crippen LogP contribution in [0.5, 0.6) is 11.5 Å². The standard InChI is InChI=1S/C27H50N2O4Si2/c1-18(2)35(19(3)4,20(5)6)33-25-16-23(28)22(15-24(25)31-10)26(30)29-14-13-21(29)17-32-34(11,12)27(7,8)9/h15-16,18-21H,13-14,17,28H2,1-12H3. The first-order chi connectivity index (χ1) is 16.0. The van der Waals surface area contributed by atoms with Crippen molar-refractivity contribution >= 4 is 28.2 Å². The van der Waals surface area contributed by atoms with Gasteiger partial charge in [0.2, 0.25) is 0 Å². The highest BCUT2D eigenvalue weighted by Gasteiger charge is 2.47. The molecule has 1 amide bonds. The third kappa shape index (κ3) is 5.91. The van der Waals surface area contributed by atoms with E-state index in [1.807, 2.05) is 4.90 Å². The first-order valence-corrected chi connectivity index (χ1v) is 18.2. The predicted octanol–water partition coefficient (Wildman–Crippen LogP) is 7.07. The van der Waals surface area contributed by atoms with Crippen LogP contribution in [-0.2, 0) is 4.43 Å². The highest BCUT2D eigenvalue weighted by atomic mass is 28.4. The molecule has 1 aliphatic heterocycles. The molecule has 1 fully saturated rings. The first-order valence-electron chi connectivity index (χ1n) is 13.1. The molecular weight excluding hydrogens is 472 g/mol. The van der Waals surface area contributed by atoms with Crippen molar-refractivity contribution in [2.75, 3.05) is 26.0 Å². The summed E-state index contributed by atoms with van der Waals surface area (Å²) in [4.78, 5) is 15.4. The Morgan fingerprint density at radius 2 is 1.60 bits per heavy atom. The van der Waals surface area contributed by atoms with Crippen LogP contribution in [0.3, 0.4) is 0 Å². The van der Waals surface area contributed by atoms with Gasteiger partial charge in [-0.15, -0.1) is 0 Å². The zero-order valence-corrected chi connectivity index (χ0v) is 26.2. The number of carbonyl (C=O) groups excluding carboxylic acids is 1. The van der Waals surface area contributed by atoms with Crippen LogP contribution in [0.4, 0.5) is 5.69 Å². The fourth-order valence-electron chi connectivity index (χ4n) is 5.10. The normalized spacial score (nSPS) is 17.2. The van der Waals surface area contributed by atoms with E-state index in [2.05, 4.69) is 75.4 Å². The van der Waals surface area contributed by atoms with E-state index in [4.69, 9.17) is 19.3 Å². The van der Waals surface area contributed by atoms with Gasteiger partial charge in [-0.2, -0.15) is 0 Å². The maximum atomic E-state index is 13.5. The monoisotopic (exact) mass is 522 g/mol. The molecule has 1 aromatic rings. The summed E-state index contributed by atoms with van der Waals surface area (Å²) in [6, 6.07) is 3.64. The number of nitrogens with two attached hydrogens (primary N) is 1. The topological polar surface area (TPSA) is 74.0 Å². The quantitative estimate of drug-likeness (QED) is 0.263. The highest BCUT2D eigenvalue weighted by Crippen LogP contribution is 2.46. The summed E-state index contributed by atoms with van der Waals surface area (Å²) in [5, 5.41) is 0.139. The number of nitrogen functional groups attached to an aromatic ring is 1. The van der Waals surface area contributed by atoms with Gasteiger partial charge < -0.3 is 24.2 Å². The zero-order chi connectivity index (χ0) is 26.9. The average Bonchev–Trinajstić information content (AvgIpc) is 2.69. The number of nitrogens with zero attached hydrogens (tertiary/aromatic N) is 1. The third-order valence-electron chi connectivity index (χ3n) is 8.41. The molecule has 1 saturated heterocycles. The van der Waals surface area contributed by atoms with Crippen LogP contribution in [0.25, 0.3) is 0 Å². The average molecular weight is 523 g/mol. The molecule has 1 aliphatic rings. The predicted molar refractivity (Wildman–Crippen MR) is 152 cm³/mol. The molecule has 2 N–H and O–H groups in total. The van der Waals surface area contributed by atoms with Crippen LogP contribution in [0, 0.1) is 0 Å². The Bertz CT molecular complexity index is 872. The number of hydrogen-bond donors (Lipinski definition) is 1. The van der Waals surface area contributed by atoms with E-state index in [-0.39, 0.29) is 17.0 Å². The van der Waals surface area contributed by atoms with Gasteiger partial charge in [0, 0.05) is 18.3 Å². The molecule has 8 heteroatoms. The molecule has 0 radical (unpaired) electrons. The molecule has 1 atom stereocenters. The minimum atomic E-state index is -2.20. The van der Waals surface area contributed by atoms with Crippen LogP contribution < -0.4 is 14.9 Å². The van der Waals surface area contributed by atoms with Crippen molar-refractivity contribution < 1.29 is 18.4 Å². The number of likely N-dealkylation sites (tertiary alicyclic amines) is 1. The molecule has 1 heterocycles. The number of rotatable bonds is 10. The molecule has 1 unspecified atom stereocenters. The van der Waals surface area contributed by atoms with Gasteiger partial charge in [0.05, 0.1) is 25.3 Å². The molecule has 0 aromatic heterocycles. The molecule has 0 saturated carbocycles. The minimum absolute atomic E-state index is 0.0671. The van der Waals surface area contributed by atoms with E-state index in [1.165, 1.54) is 0 Å². The third-order valence-corrected chi connectivity index (χ3v) is 18.9. The lowest BCUT2D eigenvalue weighted by atomic mass is 10.0. The lowest BCUT2D eigenvalue weighted by Gasteiger charge is -2.44. The lowest BCUT2D eigenvalue weighted by molar-refractivity contribution is 0.0314. The lowest BCUT2D eigenvalue weighted by Crippen LogP contribution is -2.55. The van der Waals surface area contributed by atoms with Gasteiger partial charge in [-0.25, -0.2) is 0 Å². The van der Waals surface area contributed by atoms with E-state index in [0.717, 1.165) is 6.42 Å². The van der Waals surface area contributed by atoms with Gasteiger partial charge >= 0.3 is 0 Å². The summed E-state index contributed by atoms with van der Waals surface area (Å²) in [5.74, 6) is 1.14. The second kappa shape index (κ2) is 10.8. The Morgan fingerprint density at radius 3 is 2.00 bits per heavy atom. The Morgan fingerprint density at radius 1 is 1.06 bits per heavy atom. The van der Waals surface area contributed by atoms with Crippen LogP contribution >= 0.6 is 0 Å². The molecule has 35 heavy (non-hydrogen) atoms. The van der Waals surface area contributed by atoms with Crippen molar-refractivity contribution in [3.05, 3.63) is 17.7 Å². The Labute approximate surface area is 216 Å². The number of ether oxygens (including phenoxy) is 1. The van der Waals surface area contributed by atoms with E-state index in [9.17, 15) is 4.79 Å². The number of methoxy groups -OCH3 is 1. The highest BCUT2D eigenvalue weighted by molar-refractivity contribution is 6.78. The molecule has 6 nitrogen and oxygen atoms in total. The first kappa shape index (κ1) is 29.7. The fraction of sp³-hybridized carbons (Fsp3) is 0.741. The molecule has 0 bridgehead atoms. The van der Waals surface area contributed by atoms with Crippen molar-refractivity contribution in [3.8, 4) is 11.5 Å². The van der Waals surface area contributed by atoms with Crippen molar-refractivity contribution in [3.63, 3.8) is 0 Å². The summed E-state index contributed by atoms with van der Waals surface area (Å²) < 4.78 is 19.0. The molecule has 2 rings (SSSR count).